The molecule has 6 nitrogen and oxygen atoms in total. The Morgan fingerprint density at radius 2 is 1.88 bits per heavy atom. The van der Waals surface area contributed by atoms with E-state index < -0.39 is 0 Å². The largest absolute Gasteiger partial charge is 0.454 e. The molecule has 1 aromatic heterocycles. The van der Waals surface area contributed by atoms with E-state index in [-0.39, 0.29) is 12.7 Å². The molecule has 0 atom stereocenters. The van der Waals surface area contributed by atoms with Crippen molar-refractivity contribution >= 4 is 38.7 Å². The quantitative estimate of drug-likeness (QED) is 0.450. The third-order valence-corrected chi connectivity index (χ3v) is 6.88. The van der Waals surface area contributed by atoms with Gasteiger partial charge in [0.2, 0.25) is 6.79 Å². The summed E-state index contributed by atoms with van der Waals surface area (Å²) in [4.78, 5) is 22.2. The van der Waals surface area contributed by atoms with E-state index in [9.17, 15) is 4.79 Å². The molecule has 1 amide bonds. The lowest BCUT2D eigenvalue weighted by atomic mass is 10.1. The molecule has 0 spiro atoms. The maximum absolute atomic E-state index is 13.3. The van der Waals surface area contributed by atoms with Gasteiger partial charge in [0, 0.05) is 19.2 Å². The zero-order valence-corrected chi connectivity index (χ0v) is 19.9. The maximum atomic E-state index is 13.3. The number of carbonyl (C=O) groups excluding carboxylic acids is 1. The summed E-state index contributed by atoms with van der Waals surface area (Å²) in [5.41, 5.74) is 4.20. The van der Waals surface area contributed by atoms with Crippen molar-refractivity contribution in [2.75, 3.05) is 37.9 Å². The van der Waals surface area contributed by atoms with Crippen LogP contribution in [0.25, 0.3) is 16.3 Å². The number of likely N-dealkylation sites (N-methyl/N-ethyl adjacent to an activating group) is 1. The number of fused-ring (bicyclic) bond motifs is 2. The van der Waals surface area contributed by atoms with E-state index in [1.807, 2.05) is 24.3 Å². The van der Waals surface area contributed by atoms with E-state index >= 15 is 0 Å². The minimum Gasteiger partial charge on any atom is -0.454 e. The molecule has 2 heterocycles. The summed E-state index contributed by atoms with van der Waals surface area (Å²) in [6, 6.07) is 9.91. The van der Waals surface area contributed by atoms with Crippen molar-refractivity contribution in [2.24, 2.45) is 0 Å². The number of rotatable bonds is 8. The van der Waals surface area contributed by atoms with Crippen molar-refractivity contribution in [3.63, 3.8) is 0 Å². The summed E-state index contributed by atoms with van der Waals surface area (Å²) in [6.07, 6.45) is 3.43. The third kappa shape index (κ3) is 4.79. The summed E-state index contributed by atoms with van der Waals surface area (Å²) in [5, 5.41) is 0.737. The summed E-state index contributed by atoms with van der Waals surface area (Å²) in [5.74, 6) is 1.35. The van der Waals surface area contributed by atoms with Crippen molar-refractivity contribution in [2.45, 2.75) is 27.7 Å². The Labute approximate surface area is 193 Å². The Hall–Kier alpha value is -2.90. The van der Waals surface area contributed by atoms with Gasteiger partial charge in [-0.05, 0) is 67.9 Å². The number of carbonyl (C=O) groups is 1. The highest BCUT2D eigenvalue weighted by molar-refractivity contribution is 7.22. The summed E-state index contributed by atoms with van der Waals surface area (Å²) in [7, 11) is 0. The molecule has 32 heavy (non-hydrogen) atoms. The predicted octanol–water partition coefficient (Wildman–Crippen LogP) is 5.03. The Morgan fingerprint density at radius 1 is 1.09 bits per heavy atom. The number of aryl methyl sites for hydroxylation is 2. The lowest BCUT2D eigenvalue weighted by Gasteiger charge is -2.23. The minimum atomic E-state index is -0.0803. The van der Waals surface area contributed by atoms with Gasteiger partial charge in [-0.15, -0.1) is 0 Å². The molecule has 2 aromatic carbocycles. The second-order valence-electron chi connectivity index (χ2n) is 7.89. The smallest absolute Gasteiger partial charge is 0.252 e. The summed E-state index contributed by atoms with van der Waals surface area (Å²) in [6.45, 7) is 12.0. The lowest BCUT2D eigenvalue weighted by molar-refractivity contribution is -0.114. The molecular formula is C25H29N3O3S. The van der Waals surface area contributed by atoms with Crippen LogP contribution in [0.2, 0.25) is 0 Å². The van der Waals surface area contributed by atoms with Gasteiger partial charge in [0.1, 0.15) is 0 Å². The average molecular weight is 452 g/mol. The third-order valence-electron chi connectivity index (χ3n) is 5.65. The highest BCUT2D eigenvalue weighted by Crippen LogP contribution is 2.34. The Kier molecular flexibility index (Phi) is 6.77. The lowest BCUT2D eigenvalue weighted by Crippen LogP contribution is -2.38. The Bertz CT molecular complexity index is 1150. The first-order valence-corrected chi connectivity index (χ1v) is 11.8. The number of ether oxygens (including phenoxy) is 2. The number of aromatic nitrogens is 1. The van der Waals surface area contributed by atoms with Gasteiger partial charge in [-0.2, -0.15) is 0 Å². The molecule has 1 aliphatic rings. The fourth-order valence-electron chi connectivity index (χ4n) is 3.84. The van der Waals surface area contributed by atoms with Crippen molar-refractivity contribution in [1.29, 1.82) is 0 Å². The van der Waals surface area contributed by atoms with Gasteiger partial charge in [0.05, 0.1) is 10.2 Å². The molecule has 4 rings (SSSR count). The van der Waals surface area contributed by atoms with E-state index in [0.29, 0.717) is 12.3 Å². The van der Waals surface area contributed by atoms with Crippen LogP contribution in [0.4, 0.5) is 5.13 Å². The fourth-order valence-corrected chi connectivity index (χ4v) is 4.88. The van der Waals surface area contributed by atoms with Crippen LogP contribution in [0.1, 0.15) is 30.5 Å². The molecule has 0 unspecified atom stereocenters. The molecule has 0 saturated heterocycles. The predicted molar refractivity (Wildman–Crippen MR) is 131 cm³/mol. The van der Waals surface area contributed by atoms with E-state index in [0.717, 1.165) is 46.3 Å². The maximum Gasteiger partial charge on any atom is 0.252 e. The highest BCUT2D eigenvalue weighted by atomic mass is 32.1. The van der Waals surface area contributed by atoms with Crippen molar-refractivity contribution in [3.8, 4) is 11.5 Å². The molecule has 0 bridgehead atoms. The Morgan fingerprint density at radius 3 is 2.66 bits per heavy atom. The topological polar surface area (TPSA) is 54.9 Å². The number of amides is 1. The van der Waals surface area contributed by atoms with Gasteiger partial charge in [-0.3, -0.25) is 9.69 Å². The van der Waals surface area contributed by atoms with Crippen LogP contribution >= 0.6 is 11.3 Å². The molecular weight excluding hydrogens is 422 g/mol. The summed E-state index contributed by atoms with van der Waals surface area (Å²) < 4.78 is 11.9. The number of hydrogen-bond acceptors (Lipinski definition) is 6. The number of thiazole rings is 1. The van der Waals surface area contributed by atoms with Crippen LogP contribution in [0.15, 0.2) is 36.4 Å². The zero-order chi connectivity index (χ0) is 22.7. The van der Waals surface area contributed by atoms with E-state index in [1.165, 1.54) is 11.1 Å². The molecule has 1 aliphatic heterocycles. The first-order valence-electron chi connectivity index (χ1n) is 11.0. The average Bonchev–Trinajstić information content (AvgIpc) is 3.41. The van der Waals surface area contributed by atoms with E-state index in [2.05, 4.69) is 44.7 Å². The molecule has 0 N–H and O–H groups in total. The molecule has 0 radical (unpaired) electrons. The number of benzene rings is 2. The van der Waals surface area contributed by atoms with Crippen LogP contribution in [-0.2, 0) is 4.79 Å². The minimum absolute atomic E-state index is 0.0803. The van der Waals surface area contributed by atoms with Gasteiger partial charge >= 0.3 is 0 Å². The van der Waals surface area contributed by atoms with Gasteiger partial charge in [-0.25, -0.2) is 4.98 Å². The molecule has 0 saturated carbocycles. The second kappa shape index (κ2) is 9.71. The monoisotopic (exact) mass is 451 g/mol. The molecule has 7 heteroatoms. The van der Waals surface area contributed by atoms with Gasteiger partial charge in [-0.1, -0.05) is 37.3 Å². The van der Waals surface area contributed by atoms with E-state index in [1.54, 1.807) is 22.3 Å². The standard InChI is InChI=1S/C25H29N3O3S/c1-5-27(6-2)11-12-28(25-26-20-14-17(3)13-18(4)24(20)32-25)23(29)10-8-19-7-9-21-22(15-19)31-16-30-21/h7-10,13-15H,5-6,11-12,16H2,1-4H3/b10-8+. The molecule has 0 fully saturated rings. The number of anilines is 1. The first kappa shape index (κ1) is 22.3. The van der Waals surface area contributed by atoms with Gasteiger partial charge < -0.3 is 14.4 Å². The number of nitrogens with zero attached hydrogens (tertiary/aromatic N) is 3. The fraction of sp³-hybridized carbons (Fsp3) is 0.360. The highest BCUT2D eigenvalue weighted by Gasteiger charge is 2.20. The van der Waals surface area contributed by atoms with Crippen LogP contribution in [0, 0.1) is 13.8 Å². The van der Waals surface area contributed by atoms with Crippen LogP contribution < -0.4 is 14.4 Å². The SMILES string of the molecule is CCN(CC)CCN(C(=O)/C=C/c1ccc2c(c1)OCO2)c1nc2cc(C)cc(C)c2s1. The van der Waals surface area contributed by atoms with Crippen molar-refractivity contribution < 1.29 is 14.3 Å². The second-order valence-corrected chi connectivity index (χ2v) is 8.87. The Balaban J connectivity index is 1.61. The molecule has 0 aliphatic carbocycles. The molecule has 168 valence electrons. The van der Waals surface area contributed by atoms with Gasteiger partial charge in [0.15, 0.2) is 16.6 Å². The first-order chi connectivity index (χ1) is 15.5. The van der Waals surface area contributed by atoms with Crippen molar-refractivity contribution in [3.05, 3.63) is 53.1 Å². The van der Waals surface area contributed by atoms with Crippen molar-refractivity contribution in [1.82, 2.24) is 9.88 Å². The summed E-state index contributed by atoms with van der Waals surface area (Å²) >= 11 is 1.58. The van der Waals surface area contributed by atoms with Crippen LogP contribution in [-0.4, -0.2) is 48.8 Å². The molecule has 3 aromatic rings. The zero-order valence-electron chi connectivity index (χ0n) is 19.1. The van der Waals surface area contributed by atoms with E-state index in [4.69, 9.17) is 14.5 Å². The van der Waals surface area contributed by atoms with Crippen LogP contribution in [0.3, 0.4) is 0 Å². The normalized spacial score (nSPS) is 12.9. The van der Waals surface area contributed by atoms with Crippen LogP contribution in [0.5, 0.6) is 11.5 Å². The number of hydrogen-bond donors (Lipinski definition) is 0. The van der Waals surface area contributed by atoms with Gasteiger partial charge in [0.25, 0.3) is 5.91 Å².